The van der Waals surface area contributed by atoms with Crippen LogP contribution in [0, 0.1) is 17.8 Å². The fourth-order valence-electron chi connectivity index (χ4n) is 4.11. The molecule has 2 atom stereocenters. The molecule has 3 N–H and O–H groups in total. The predicted molar refractivity (Wildman–Crippen MR) is 111 cm³/mol. The summed E-state index contributed by atoms with van der Waals surface area (Å²) in [6, 6.07) is 5.81. The van der Waals surface area contributed by atoms with Crippen LogP contribution in [0.1, 0.15) is 18.5 Å². The van der Waals surface area contributed by atoms with E-state index in [4.69, 9.17) is 24.9 Å². The van der Waals surface area contributed by atoms with Crippen molar-refractivity contribution < 1.29 is 56.0 Å². The average molecular weight is 531 g/mol. The van der Waals surface area contributed by atoms with Gasteiger partial charge in [0.1, 0.15) is 0 Å². The number of aromatic nitrogens is 1. The quantitative estimate of drug-likeness (QED) is 0.494. The van der Waals surface area contributed by atoms with Crippen molar-refractivity contribution in [1.82, 2.24) is 14.8 Å². The van der Waals surface area contributed by atoms with Crippen LogP contribution in [0.25, 0.3) is 0 Å². The first-order valence-electron chi connectivity index (χ1n) is 10.7. The van der Waals surface area contributed by atoms with Crippen molar-refractivity contribution in [3.63, 3.8) is 0 Å². The predicted octanol–water partition coefficient (Wildman–Crippen LogP) is 2.26. The van der Waals surface area contributed by atoms with Gasteiger partial charge in [0, 0.05) is 38.8 Å². The number of carboxylic acid groups (broad SMARTS) is 2. The first kappa shape index (κ1) is 31.1. The topological polar surface area (TPSA) is 131 Å². The summed E-state index contributed by atoms with van der Waals surface area (Å²) in [5, 5.41) is 23.4. The second kappa shape index (κ2) is 13.4. The molecule has 9 nitrogen and oxygen atoms in total. The third-order valence-electron chi connectivity index (χ3n) is 5.60. The van der Waals surface area contributed by atoms with Crippen LogP contribution in [0.5, 0.6) is 0 Å². The summed E-state index contributed by atoms with van der Waals surface area (Å²) in [5.41, 5.74) is 0.934. The van der Waals surface area contributed by atoms with Gasteiger partial charge in [0.2, 0.25) is 5.91 Å². The third-order valence-corrected chi connectivity index (χ3v) is 5.60. The maximum absolute atomic E-state index is 12.9. The van der Waals surface area contributed by atoms with E-state index in [0.717, 1.165) is 38.2 Å². The van der Waals surface area contributed by atoms with Gasteiger partial charge in [0.05, 0.1) is 18.8 Å². The molecule has 1 aromatic rings. The molecule has 15 heteroatoms. The van der Waals surface area contributed by atoms with Gasteiger partial charge in [-0.15, -0.1) is 0 Å². The number of rotatable bonds is 5. The first-order valence-corrected chi connectivity index (χ1v) is 10.7. The van der Waals surface area contributed by atoms with Crippen LogP contribution in [0.15, 0.2) is 24.4 Å². The summed E-state index contributed by atoms with van der Waals surface area (Å²) in [6.45, 7) is 3.42. The van der Waals surface area contributed by atoms with Gasteiger partial charge in [-0.25, -0.2) is 9.59 Å². The second-order valence-corrected chi connectivity index (χ2v) is 8.23. The number of aliphatic hydroxyl groups excluding tert-OH is 1. The van der Waals surface area contributed by atoms with E-state index in [1.165, 1.54) is 0 Å². The Morgan fingerprint density at radius 3 is 1.83 bits per heavy atom. The summed E-state index contributed by atoms with van der Waals surface area (Å²) in [7, 11) is 1.89. The lowest BCUT2D eigenvalue weighted by molar-refractivity contribution is -0.193. The molecular weight excluding hydrogens is 504 g/mol. The zero-order chi connectivity index (χ0) is 27.7. The molecule has 2 unspecified atom stereocenters. The number of hydrogen-bond donors (Lipinski definition) is 3. The Morgan fingerprint density at radius 2 is 1.47 bits per heavy atom. The molecule has 0 radical (unpaired) electrons. The number of aliphatic hydroxyl groups is 1. The Morgan fingerprint density at radius 1 is 1.00 bits per heavy atom. The maximum Gasteiger partial charge on any atom is 0.490 e. The molecule has 1 saturated carbocycles. The van der Waals surface area contributed by atoms with Crippen LogP contribution in [0.3, 0.4) is 0 Å². The lowest BCUT2D eigenvalue weighted by atomic mass is 9.84. The number of β-amino-alcohol motifs (C(OH)–C–C–N with tert-alkyl or cyclic N) is 1. The summed E-state index contributed by atoms with van der Waals surface area (Å²) in [6.07, 6.45) is -6.12. The molecule has 1 saturated heterocycles. The first-order chi connectivity index (χ1) is 16.6. The molecule has 1 aliphatic heterocycles. The molecule has 1 aliphatic carbocycles. The Hall–Kier alpha value is -2.94. The van der Waals surface area contributed by atoms with Crippen LogP contribution in [-0.4, -0.2) is 93.6 Å². The van der Waals surface area contributed by atoms with Crippen molar-refractivity contribution in [3.05, 3.63) is 30.1 Å². The molecule has 2 fully saturated rings. The number of carbonyl (C=O) groups is 3. The fraction of sp³-hybridized carbons (Fsp3) is 0.619. The van der Waals surface area contributed by atoms with Crippen molar-refractivity contribution in [2.45, 2.75) is 31.7 Å². The highest BCUT2D eigenvalue weighted by Gasteiger charge is 2.46. The van der Waals surface area contributed by atoms with Gasteiger partial charge in [-0.1, -0.05) is 6.07 Å². The van der Waals surface area contributed by atoms with Gasteiger partial charge in [-0.2, -0.15) is 26.3 Å². The highest BCUT2D eigenvalue weighted by Crippen LogP contribution is 2.42. The monoisotopic (exact) mass is 531 g/mol. The van der Waals surface area contributed by atoms with E-state index in [1.54, 1.807) is 6.20 Å². The number of piperidine rings is 1. The van der Waals surface area contributed by atoms with Crippen molar-refractivity contribution >= 4 is 17.8 Å². The molecule has 3 rings (SSSR count). The Labute approximate surface area is 202 Å². The lowest BCUT2D eigenvalue weighted by Crippen LogP contribution is -2.48. The number of carboxylic acids is 2. The molecular formula is C21H27F6N3O6. The number of alkyl halides is 6. The van der Waals surface area contributed by atoms with E-state index in [2.05, 4.69) is 9.88 Å². The van der Waals surface area contributed by atoms with Crippen molar-refractivity contribution in [3.8, 4) is 0 Å². The summed E-state index contributed by atoms with van der Waals surface area (Å²) < 4.78 is 63.5. The number of amides is 1. The zero-order valence-electron chi connectivity index (χ0n) is 19.2. The number of carbonyl (C=O) groups excluding carboxylic acids is 1. The van der Waals surface area contributed by atoms with Gasteiger partial charge in [-0.3, -0.25) is 9.78 Å². The summed E-state index contributed by atoms with van der Waals surface area (Å²) >= 11 is 0. The summed E-state index contributed by atoms with van der Waals surface area (Å²) in [5.74, 6) is -4.20. The standard InChI is InChI=1S/C17H25N3O2.2C2HF3O2/c1-19(12-15-4-2-3-7-18-15)17(22)16-13-5-6-14(16)11-20(10-13)8-9-21;2*3-2(4,5)1(6)7/h2-4,7,13-14,16,21H,5-6,8-12H2,1H3;2*(H,6,7). The number of fused-ring (bicyclic) bond motifs is 2. The van der Waals surface area contributed by atoms with Gasteiger partial charge < -0.3 is 25.1 Å². The second-order valence-electron chi connectivity index (χ2n) is 8.23. The van der Waals surface area contributed by atoms with Crippen molar-refractivity contribution in [2.24, 2.45) is 17.8 Å². The van der Waals surface area contributed by atoms with Crippen LogP contribution >= 0.6 is 0 Å². The number of nitrogens with zero attached hydrogens (tertiary/aromatic N) is 3. The Kier molecular flexibility index (Phi) is 11.6. The molecule has 0 spiro atoms. The minimum absolute atomic E-state index is 0.156. The number of hydrogen-bond acceptors (Lipinski definition) is 6. The number of pyridine rings is 1. The van der Waals surface area contributed by atoms with Gasteiger partial charge in [-0.05, 0) is 36.8 Å². The lowest BCUT2D eigenvalue weighted by Gasteiger charge is -2.38. The van der Waals surface area contributed by atoms with E-state index in [0.29, 0.717) is 18.4 Å². The van der Waals surface area contributed by atoms with Gasteiger partial charge in [0.25, 0.3) is 0 Å². The SMILES string of the molecule is CN(Cc1ccccn1)C(=O)C1C2CCC1CN(CCO)C2.O=C(O)C(F)(F)F.O=C(O)C(F)(F)F. The molecule has 2 bridgehead atoms. The van der Waals surface area contributed by atoms with E-state index >= 15 is 0 Å². The van der Waals surface area contributed by atoms with Gasteiger partial charge in [0.15, 0.2) is 0 Å². The Balaban J connectivity index is 0.000000383. The minimum Gasteiger partial charge on any atom is -0.475 e. The smallest absolute Gasteiger partial charge is 0.475 e. The van der Waals surface area contributed by atoms with Gasteiger partial charge >= 0.3 is 24.3 Å². The van der Waals surface area contributed by atoms with E-state index in [1.807, 2.05) is 30.1 Å². The zero-order valence-corrected chi connectivity index (χ0v) is 19.2. The highest BCUT2D eigenvalue weighted by atomic mass is 19.4. The number of likely N-dealkylation sites (tertiary alicyclic amines) is 1. The normalized spacial score (nSPS) is 21.4. The number of halogens is 6. The summed E-state index contributed by atoms with van der Waals surface area (Å²) in [4.78, 5) is 39.1. The number of aliphatic carboxylic acids is 2. The third kappa shape index (κ3) is 9.97. The van der Waals surface area contributed by atoms with Crippen LogP contribution in [0.2, 0.25) is 0 Å². The largest absolute Gasteiger partial charge is 0.490 e. The van der Waals surface area contributed by atoms with E-state index in [9.17, 15) is 31.1 Å². The van der Waals surface area contributed by atoms with Crippen molar-refractivity contribution in [2.75, 3.05) is 33.3 Å². The Bertz CT molecular complexity index is 830. The van der Waals surface area contributed by atoms with E-state index in [-0.39, 0.29) is 18.4 Å². The molecule has 1 aromatic heterocycles. The average Bonchev–Trinajstić information content (AvgIpc) is 3.03. The van der Waals surface area contributed by atoms with E-state index < -0.39 is 24.3 Å². The van der Waals surface area contributed by atoms with Crippen LogP contribution < -0.4 is 0 Å². The van der Waals surface area contributed by atoms with Crippen molar-refractivity contribution in [1.29, 1.82) is 0 Å². The molecule has 0 aromatic carbocycles. The fourth-order valence-corrected chi connectivity index (χ4v) is 4.11. The maximum atomic E-state index is 12.9. The highest BCUT2D eigenvalue weighted by molar-refractivity contribution is 5.79. The van der Waals surface area contributed by atoms with Crippen LogP contribution in [0.4, 0.5) is 26.3 Å². The molecule has 2 heterocycles. The minimum atomic E-state index is -5.08. The molecule has 204 valence electrons. The molecule has 1 amide bonds. The van der Waals surface area contributed by atoms with Crippen LogP contribution in [-0.2, 0) is 20.9 Å². The molecule has 2 aliphatic rings. The molecule has 36 heavy (non-hydrogen) atoms.